The zero-order valence-electron chi connectivity index (χ0n) is 14.7. The molecule has 0 aliphatic carbocycles. The number of halogens is 1. The molecule has 0 unspecified atom stereocenters. The molecule has 25 heavy (non-hydrogen) atoms. The molecule has 0 saturated carbocycles. The topological polar surface area (TPSA) is 45.5 Å². The van der Waals surface area contributed by atoms with Crippen LogP contribution in [-0.4, -0.2) is 54.0 Å². The van der Waals surface area contributed by atoms with Crippen molar-refractivity contribution in [2.45, 2.75) is 25.8 Å². The fourth-order valence-corrected chi connectivity index (χ4v) is 4.55. The second kappa shape index (κ2) is 8.01. The summed E-state index contributed by atoms with van der Waals surface area (Å²) < 4.78 is 3.44. The molecule has 0 N–H and O–H groups in total. The van der Waals surface area contributed by atoms with Crippen LogP contribution in [0, 0.1) is 5.92 Å². The monoisotopic (exact) mass is 425 g/mol. The molecule has 0 spiro atoms. The lowest BCUT2D eigenvalue weighted by Crippen LogP contribution is -2.41. The molecule has 1 fully saturated rings. The highest BCUT2D eigenvalue weighted by Crippen LogP contribution is 2.23. The van der Waals surface area contributed by atoms with Gasteiger partial charge in [-0.1, -0.05) is 27.3 Å². The Morgan fingerprint density at radius 3 is 2.72 bits per heavy atom. The smallest absolute Gasteiger partial charge is 0.308 e. The first-order chi connectivity index (χ1) is 11.9. The van der Waals surface area contributed by atoms with Crippen molar-refractivity contribution in [3.63, 3.8) is 0 Å². The molecule has 5 nitrogen and oxygen atoms in total. The van der Waals surface area contributed by atoms with Crippen LogP contribution in [-0.2, 0) is 11.3 Å². The number of benzene rings is 1. The Bertz CT molecular complexity index is 806. The molecule has 7 heteroatoms. The normalized spacial score (nSPS) is 16.1. The van der Waals surface area contributed by atoms with E-state index in [0.717, 1.165) is 47.2 Å². The number of amides is 1. The van der Waals surface area contributed by atoms with E-state index in [1.54, 1.807) is 4.57 Å². The number of aromatic nitrogens is 1. The summed E-state index contributed by atoms with van der Waals surface area (Å²) in [4.78, 5) is 29.0. The zero-order valence-corrected chi connectivity index (χ0v) is 17.1. The molecule has 1 aromatic heterocycles. The third-order valence-electron chi connectivity index (χ3n) is 4.87. The maximum Gasteiger partial charge on any atom is 0.308 e. The first-order valence-corrected chi connectivity index (χ1v) is 10.3. The van der Waals surface area contributed by atoms with Crippen LogP contribution < -0.4 is 4.87 Å². The van der Waals surface area contributed by atoms with Crippen molar-refractivity contribution in [1.29, 1.82) is 0 Å². The maximum absolute atomic E-state index is 12.7. The van der Waals surface area contributed by atoms with Crippen molar-refractivity contribution in [3.8, 4) is 0 Å². The molecule has 2 heterocycles. The summed E-state index contributed by atoms with van der Waals surface area (Å²) in [6.07, 6.45) is 3.31. The van der Waals surface area contributed by atoms with Gasteiger partial charge in [-0.05, 0) is 64.0 Å². The minimum atomic E-state index is -0.0673. The summed E-state index contributed by atoms with van der Waals surface area (Å²) in [5.41, 5.74) is 0.832. The molecule has 3 rings (SSSR count). The second-order valence-corrected chi connectivity index (χ2v) is 8.89. The van der Waals surface area contributed by atoms with Crippen molar-refractivity contribution in [2.75, 3.05) is 33.7 Å². The van der Waals surface area contributed by atoms with Gasteiger partial charge in [0.1, 0.15) is 6.54 Å². The van der Waals surface area contributed by atoms with E-state index in [4.69, 9.17) is 0 Å². The van der Waals surface area contributed by atoms with Crippen LogP contribution in [0.1, 0.15) is 19.3 Å². The molecule has 0 bridgehead atoms. The van der Waals surface area contributed by atoms with Gasteiger partial charge in [0.2, 0.25) is 5.91 Å². The Morgan fingerprint density at radius 1 is 1.32 bits per heavy atom. The average Bonchev–Trinajstić information content (AvgIpc) is 2.88. The zero-order chi connectivity index (χ0) is 18.0. The van der Waals surface area contributed by atoms with E-state index < -0.39 is 0 Å². The Morgan fingerprint density at radius 2 is 2.04 bits per heavy atom. The Labute approximate surface area is 160 Å². The molecule has 1 aliphatic rings. The van der Waals surface area contributed by atoms with Crippen LogP contribution >= 0.6 is 27.3 Å². The van der Waals surface area contributed by atoms with Crippen LogP contribution in [0.2, 0.25) is 0 Å². The van der Waals surface area contributed by atoms with E-state index in [0.29, 0.717) is 5.92 Å². The Kier molecular flexibility index (Phi) is 5.96. The average molecular weight is 426 g/mol. The van der Waals surface area contributed by atoms with Gasteiger partial charge in [0.05, 0.1) is 10.2 Å². The van der Waals surface area contributed by atoms with Crippen molar-refractivity contribution in [1.82, 2.24) is 14.4 Å². The number of rotatable bonds is 5. The lowest BCUT2D eigenvalue weighted by atomic mass is 9.93. The van der Waals surface area contributed by atoms with Crippen molar-refractivity contribution < 1.29 is 4.79 Å². The van der Waals surface area contributed by atoms with Gasteiger partial charge in [0, 0.05) is 17.6 Å². The second-order valence-electron chi connectivity index (χ2n) is 6.98. The van der Waals surface area contributed by atoms with Crippen LogP contribution in [0.5, 0.6) is 0 Å². The minimum absolute atomic E-state index is 0.0489. The number of fused-ring (bicyclic) bond motifs is 1. The Balaban J connectivity index is 1.63. The molecule has 0 radical (unpaired) electrons. The first kappa shape index (κ1) is 18.6. The van der Waals surface area contributed by atoms with Gasteiger partial charge in [-0.15, -0.1) is 0 Å². The van der Waals surface area contributed by atoms with E-state index in [2.05, 4.69) is 34.9 Å². The molecule has 1 saturated heterocycles. The minimum Gasteiger partial charge on any atom is -0.341 e. The largest absolute Gasteiger partial charge is 0.341 e. The van der Waals surface area contributed by atoms with Crippen LogP contribution in [0.25, 0.3) is 10.2 Å². The van der Waals surface area contributed by atoms with Gasteiger partial charge in [-0.2, -0.15) is 0 Å². The number of piperidine rings is 1. The summed E-state index contributed by atoms with van der Waals surface area (Å²) in [5.74, 6) is 0.750. The standard InChI is InChI=1S/C18H24BrN3O2S/c1-20(2)8-5-13-6-9-21(10-7-13)17(23)12-22-15-11-14(19)3-4-16(15)25-18(22)24/h3-4,11,13H,5-10,12H2,1-2H3. The van der Waals surface area contributed by atoms with Gasteiger partial charge in [0.15, 0.2) is 0 Å². The molecule has 1 aliphatic heterocycles. The number of thiazole rings is 1. The van der Waals surface area contributed by atoms with Crippen molar-refractivity contribution in [3.05, 3.63) is 32.3 Å². The summed E-state index contributed by atoms with van der Waals surface area (Å²) >= 11 is 4.64. The van der Waals surface area contributed by atoms with Gasteiger partial charge < -0.3 is 9.80 Å². The van der Waals surface area contributed by atoms with Crippen molar-refractivity contribution >= 4 is 43.4 Å². The molecule has 1 aromatic carbocycles. The third kappa shape index (κ3) is 4.51. The number of carbonyl (C=O) groups excluding carboxylic acids is 1. The van der Waals surface area contributed by atoms with Gasteiger partial charge >= 0.3 is 4.87 Å². The Hall–Kier alpha value is -1.18. The van der Waals surface area contributed by atoms with E-state index in [1.807, 2.05) is 23.1 Å². The highest BCUT2D eigenvalue weighted by atomic mass is 79.9. The maximum atomic E-state index is 12.7. The van der Waals surface area contributed by atoms with Crippen LogP contribution in [0.15, 0.2) is 27.5 Å². The van der Waals surface area contributed by atoms with Gasteiger partial charge in [-0.25, -0.2) is 0 Å². The number of likely N-dealkylation sites (tertiary alicyclic amines) is 1. The van der Waals surface area contributed by atoms with E-state index in [1.165, 1.54) is 17.8 Å². The lowest BCUT2D eigenvalue weighted by molar-refractivity contribution is -0.133. The van der Waals surface area contributed by atoms with E-state index in [9.17, 15) is 9.59 Å². The fourth-order valence-electron chi connectivity index (χ4n) is 3.33. The molecular weight excluding hydrogens is 402 g/mol. The van der Waals surface area contributed by atoms with Crippen LogP contribution in [0.3, 0.4) is 0 Å². The fraction of sp³-hybridized carbons (Fsp3) is 0.556. The summed E-state index contributed by atoms with van der Waals surface area (Å²) in [6, 6.07) is 5.75. The highest BCUT2D eigenvalue weighted by molar-refractivity contribution is 9.10. The molecule has 136 valence electrons. The summed E-state index contributed by atoms with van der Waals surface area (Å²) in [6.45, 7) is 2.84. The summed E-state index contributed by atoms with van der Waals surface area (Å²) in [5, 5.41) is 0. The van der Waals surface area contributed by atoms with Gasteiger partial charge in [0.25, 0.3) is 0 Å². The summed E-state index contributed by atoms with van der Waals surface area (Å²) in [7, 11) is 4.19. The number of hydrogen-bond acceptors (Lipinski definition) is 4. The highest BCUT2D eigenvalue weighted by Gasteiger charge is 2.23. The molecule has 1 amide bonds. The van der Waals surface area contributed by atoms with Crippen molar-refractivity contribution in [2.24, 2.45) is 5.92 Å². The van der Waals surface area contributed by atoms with Crippen LogP contribution in [0.4, 0.5) is 0 Å². The quantitative estimate of drug-likeness (QED) is 0.739. The number of nitrogens with zero attached hydrogens (tertiary/aromatic N) is 3. The number of carbonyl (C=O) groups is 1. The predicted octanol–water partition coefficient (Wildman–Crippen LogP) is 3.02. The van der Waals surface area contributed by atoms with Gasteiger partial charge in [-0.3, -0.25) is 14.2 Å². The predicted molar refractivity (Wildman–Crippen MR) is 106 cm³/mol. The van der Waals surface area contributed by atoms with E-state index >= 15 is 0 Å². The molecular formula is C18H24BrN3O2S. The van der Waals surface area contributed by atoms with E-state index in [-0.39, 0.29) is 17.3 Å². The lowest BCUT2D eigenvalue weighted by Gasteiger charge is -2.32. The molecule has 2 aromatic rings. The SMILES string of the molecule is CN(C)CCC1CCN(C(=O)Cn2c(=O)sc3ccc(Br)cc32)CC1. The third-order valence-corrected chi connectivity index (χ3v) is 6.33. The number of hydrogen-bond donors (Lipinski definition) is 0. The first-order valence-electron chi connectivity index (χ1n) is 8.65. The molecule has 0 atom stereocenters.